The van der Waals surface area contributed by atoms with Crippen molar-refractivity contribution in [3.8, 4) is 0 Å². The van der Waals surface area contributed by atoms with Crippen molar-refractivity contribution in [1.82, 2.24) is 0 Å². The minimum absolute atomic E-state index is 0.131. The Labute approximate surface area is 109 Å². The summed E-state index contributed by atoms with van der Waals surface area (Å²) in [5.41, 5.74) is 0. The van der Waals surface area contributed by atoms with Crippen LogP contribution in [0.25, 0.3) is 10.8 Å². The van der Waals surface area contributed by atoms with Gasteiger partial charge in [0.25, 0.3) is 0 Å². The zero-order chi connectivity index (χ0) is 13.1. The van der Waals surface area contributed by atoms with Crippen molar-refractivity contribution in [2.24, 2.45) is 0 Å². The lowest BCUT2D eigenvalue weighted by molar-refractivity contribution is -0.139. The molecule has 0 unspecified atom stereocenters. The summed E-state index contributed by atoms with van der Waals surface area (Å²) in [7, 11) is 1.38. The Balaban J connectivity index is 2.47. The summed E-state index contributed by atoms with van der Waals surface area (Å²) < 4.78 is 4.69. The van der Waals surface area contributed by atoms with Crippen LogP contribution in [-0.4, -0.2) is 18.9 Å². The first-order valence-electron chi connectivity index (χ1n) is 5.67. The largest absolute Gasteiger partial charge is 0.469 e. The maximum Gasteiger partial charge on any atom is 0.310 e. The Morgan fingerprint density at radius 3 is 2.17 bits per heavy atom. The molecule has 0 bridgehead atoms. The number of ketones is 1. The molecule has 3 nitrogen and oxygen atoms in total. The lowest BCUT2D eigenvalue weighted by atomic mass is 10.1. The molecule has 0 spiro atoms. The molecule has 94 valence electrons. The van der Waals surface area contributed by atoms with E-state index in [0.717, 1.165) is 20.5 Å². The number of rotatable bonds is 4. The highest BCUT2D eigenvalue weighted by Crippen LogP contribution is 2.32. The van der Waals surface area contributed by atoms with Crippen LogP contribution in [0.5, 0.6) is 0 Å². The number of hydrogen-bond donors (Lipinski definition) is 0. The van der Waals surface area contributed by atoms with Gasteiger partial charge in [-0.25, -0.2) is 0 Å². The molecule has 0 aliphatic rings. The van der Waals surface area contributed by atoms with Gasteiger partial charge >= 0.3 is 5.97 Å². The average Bonchev–Trinajstić information content (AvgIpc) is 2.67. The number of carbonyl (C=O) groups is 2. The third-order valence-corrected chi connectivity index (χ3v) is 3.94. The number of esters is 1. The fourth-order valence-corrected chi connectivity index (χ4v) is 3.26. The Kier molecular flexibility index (Phi) is 3.77. The Morgan fingerprint density at radius 1 is 1.11 bits per heavy atom. The highest BCUT2D eigenvalue weighted by atomic mass is 32.1. The molecule has 1 aromatic carbocycles. The zero-order valence-electron chi connectivity index (χ0n) is 10.4. The van der Waals surface area contributed by atoms with Crippen LogP contribution in [0.3, 0.4) is 0 Å². The third kappa shape index (κ3) is 2.59. The zero-order valence-corrected chi connectivity index (χ0v) is 11.2. The third-order valence-electron chi connectivity index (χ3n) is 2.72. The molecule has 2 aromatic rings. The number of thiophene rings is 1. The topological polar surface area (TPSA) is 43.4 Å². The normalized spacial score (nSPS) is 10.6. The number of Topliss-reactive ketones (excluding diaryl/α,β-unsaturated/α-hetero) is 1. The number of hydrogen-bond acceptors (Lipinski definition) is 4. The molecule has 0 fully saturated rings. The van der Waals surface area contributed by atoms with Crippen LogP contribution < -0.4 is 0 Å². The molecular weight excluding hydrogens is 248 g/mol. The van der Waals surface area contributed by atoms with Crippen LogP contribution in [-0.2, 0) is 27.2 Å². The van der Waals surface area contributed by atoms with Crippen LogP contribution in [0.2, 0.25) is 0 Å². The molecule has 18 heavy (non-hydrogen) atoms. The van der Waals surface area contributed by atoms with Crippen LogP contribution in [0, 0.1) is 0 Å². The van der Waals surface area contributed by atoms with E-state index in [2.05, 4.69) is 0 Å². The maximum absolute atomic E-state index is 11.4. The van der Waals surface area contributed by atoms with Crippen molar-refractivity contribution >= 4 is 33.9 Å². The molecule has 2 rings (SSSR count). The minimum Gasteiger partial charge on any atom is -0.469 e. The molecule has 0 N–H and O–H groups in total. The van der Waals surface area contributed by atoms with Crippen LogP contribution in [0.1, 0.15) is 16.7 Å². The van der Waals surface area contributed by atoms with E-state index in [1.54, 1.807) is 6.92 Å². The number of carbonyl (C=O) groups excluding carboxylic acids is 2. The van der Waals surface area contributed by atoms with Gasteiger partial charge in [-0.05, 0) is 17.7 Å². The molecule has 1 heterocycles. The predicted molar refractivity (Wildman–Crippen MR) is 71.9 cm³/mol. The number of fused-ring (bicyclic) bond motifs is 1. The molecular formula is C14H14O3S. The fourth-order valence-electron chi connectivity index (χ4n) is 1.92. The molecule has 1 aromatic heterocycles. The second-order valence-electron chi connectivity index (χ2n) is 4.13. The molecule has 0 amide bonds. The van der Waals surface area contributed by atoms with E-state index >= 15 is 0 Å². The molecule has 0 aliphatic heterocycles. The van der Waals surface area contributed by atoms with Gasteiger partial charge in [-0.1, -0.05) is 24.3 Å². The standard InChI is InChI=1S/C14H14O3S/c1-9(15)7-12-10-5-3-4-6-11(10)13(18-12)8-14(16)17-2/h3-6H,7-8H2,1-2H3. The summed E-state index contributed by atoms with van der Waals surface area (Å²) in [4.78, 5) is 24.6. The van der Waals surface area contributed by atoms with Gasteiger partial charge in [0.15, 0.2) is 0 Å². The van der Waals surface area contributed by atoms with Gasteiger partial charge in [0, 0.05) is 16.2 Å². The minimum atomic E-state index is -0.253. The Hall–Kier alpha value is -1.68. The van der Waals surface area contributed by atoms with E-state index < -0.39 is 0 Å². The summed E-state index contributed by atoms with van der Waals surface area (Å²) in [6, 6.07) is 7.85. The number of ether oxygens (including phenoxy) is 1. The molecule has 0 radical (unpaired) electrons. The van der Waals surface area contributed by atoms with Gasteiger partial charge in [-0.15, -0.1) is 11.3 Å². The Morgan fingerprint density at radius 2 is 1.67 bits per heavy atom. The SMILES string of the molecule is COC(=O)Cc1sc(CC(C)=O)c2ccccc12. The second-order valence-corrected chi connectivity index (χ2v) is 5.32. The van der Waals surface area contributed by atoms with Crippen molar-refractivity contribution < 1.29 is 14.3 Å². The summed E-state index contributed by atoms with van der Waals surface area (Å²) in [5, 5.41) is 2.11. The van der Waals surface area contributed by atoms with E-state index in [1.165, 1.54) is 18.4 Å². The monoisotopic (exact) mass is 262 g/mol. The first-order valence-corrected chi connectivity index (χ1v) is 6.49. The average molecular weight is 262 g/mol. The van der Waals surface area contributed by atoms with Gasteiger partial charge in [0.2, 0.25) is 0 Å². The molecule has 0 aliphatic carbocycles. The first-order chi connectivity index (χ1) is 8.61. The lowest BCUT2D eigenvalue weighted by Crippen LogP contribution is -2.02. The van der Waals surface area contributed by atoms with Crippen molar-refractivity contribution in [3.63, 3.8) is 0 Å². The van der Waals surface area contributed by atoms with E-state index in [9.17, 15) is 9.59 Å². The van der Waals surface area contributed by atoms with Crippen molar-refractivity contribution in [2.75, 3.05) is 7.11 Å². The summed E-state index contributed by atoms with van der Waals surface area (Å²) in [6.45, 7) is 1.58. The summed E-state index contributed by atoms with van der Waals surface area (Å²) in [6.07, 6.45) is 0.686. The summed E-state index contributed by atoms with van der Waals surface area (Å²) >= 11 is 1.52. The smallest absolute Gasteiger partial charge is 0.310 e. The molecule has 0 atom stereocenters. The van der Waals surface area contributed by atoms with Gasteiger partial charge in [0.1, 0.15) is 5.78 Å². The lowest BCUT2D eigenvalue weighted by Gasteiger charge is -1.97. The fraction of sp³-hybridized carbons (Fsp3) is 0.286. The van der Waals surface area contributed by atoms with Crippen molar-refractivity contribution in [3.05, 3.63) is 34.0 Å². The quantitative estimate of drug-likeness (QED) is 0.796. The van der Waals surface area contributed by atoms with Crippen molar-refractivity contribution in [1.29, 1.82) is 0 Å². The second kappa shape index (κ2) is 5.31. The van der Waals surface area contributed by atoms with E-state index in [-0.39, 0.29) is 18.2 Å². The highest BCUT2D eigenvalue weighted by Gasteiger charge is 2.14. The van der Waals surface area contributed by atoms with Gasteiger partial charge < -0.3 is 4.74 Å². The molecule has 0 saturated heterocycles. The number of methoxy groups -OCH3 is 1. The van der Waals surface area contributed by atoms with Gasteiger partial charge in [-0.2, -0.15) is 0 Å². The summed E-state index contributed by atoms with van der Waals surface area (Å²) in [5.74, 6) is -0.122. The van der Waals surface area contributed by atoms with E-state index in [4.69, 9.17) is 4.74 Å². The van der Waals surface area contributed by atoms with Crippen LogP contribution in [0.15, 0.2) is 24.3 Å². The predicted octanol–water partition coefficient (Wildman–Crippen LogP) is 2.75. The number of benzene rings is 1. The van der Waals surface area contributed by atoms with Gasteiger partial charge in [-0.3, -0.25) is 9.59 Å². The van der Waals surface area contributed by atoms with Gasteiger partial charge in [0.05, 0.1) is 13.5 Å². The Bertz CT molecular complexity index is 598. The molecule has 0 saturated carbocycles. The first kappa shape index (κ1) is 12.8. The van der Waals surface area contributed by atoms with E-state index in [0.29, 0.717) is 6.42 Å². The van der Waals surface area contributed by atoms with Crippen LogP contribution in [0.4, 0.5) is 0 Å². The van der Waals surface area contributed by atoms with E-state index in [1.807, 2.05) is 24.3 Å². The van der Waals surface area contributed by atoms with Crippen LogP contribution >= 0.6 is 11.3 Å². The maximum atomic E-state index is 11.4. The molecule has 4 heteroatoms. The van der Waals surface area contributed by atoms with Crippen molar-refractivity contribution in [2.45, 2.75) is 19.8 Å². The highest BCUT2D eigenvalue weighted by molar-refractivity contribution is 7.14.